The van der Waals surface area contributed by atoms with Gasteiger partial charge in [-0.1, -0.05) is 61.7 Å². The number of rotatable bonds is 5. The number of imide groups is 1. The van der Waals surface area contributed by atoms with Gasteiger partial charge in [0, 0.05) is 12.0 Å². The summed E-state index contributed by atoms with van der Waals surface area (Å²) in [5, 5.41) is 3.06. The molecule has 2 bridgehead atoms. The number of likely N-dealkylation sites (tertiary alicyclic amines) is 1. The Balaban J connectivity index is 1.25. The molecule has 5 nitrogen and oxygen atoms in total. The highest BCUT2D eigenvalue weighted by molar-refractivity contribution is 6.08. The van der Waals surface area contributed by atoms with Gasteiger partial charge in [-0.05, 0) is 36.7 Å². The second-order valence-electron chi connectivity index (χ2n) is 9.25. The third kappa shape index (κ3) is 3.02. The van der Waals surface area contributed by atoms with Crippen molar-refractivity contribution in [3.05, 3.63) is 48.0 Å². The van der Waals surface area contributed by atoms with Crippen LogP contribution >= 0.6 is 0 Å². The molecule has 1 aromatic rings. The minimum Gasteiger partial charge on any atom is -0.354 e. The zero-order chi connectivity index (χ0) is 20.0. The number of carbonyl (C=O) groups excluding carboxylic acids is 3. The van der Waals surface area contributed by atoms with E-state index >= 15 is 0 Å². The van der Waals surface area contributed by atoms with Crippen molar-refractivity contribution >= 4 is 17.7 Å². The molecular formula is C24H28N2O3. The van der Waals surface area contributed by atoms with Crippen LogP contribution in [-0.4, -0.2) is 35.7 Å². The van der Waals surface area contributed by atoms with Gasteiger partial charge < -0.3 is 5.32 Å². The monoisotopic (exact) mass is 392 g/mol. The molecule has 5 rings (SSSR count). The first kappa shape index (κ1) is 18.6. The minimum absolute atomic E-state index is 0.0479. The van der Waals surface area contributed by atoms with E-state index in [4.69, 9.17) is 0 Å². The second kappa shape index (κ2) is 7.12. The van der Waals surface area contributed by atoms with Crippen LogP contribution in [0.15, 0.2) is 42.5 Å². The lowest BCUT2D eigenvalue weighted by atomic mass is 9.69. The van der Waals surface area contributed by atoms with Gasteiger partial charge in [0.05, 0.1) is 11.8 Å². The summed E-state index contributed by atoms with van der Waals surface area (Å²) in [5.41, 5.74) is 1.22. The van der Waals surface area contributed by atoms with Gasteiger partial charge in [0.25, 0.3) is 0 Å². The summed E-state index contributed by atoms with van der Waals surface area (Å²) < 4.78 is 0. The molecule has 1 heterocycles. The number of hydrogen-bond acceptors (Lipinski definition) is 3. The largest absolute Gasteiger partial charge is 0.354 e. The topological polar surface area (TPSA) is 66.5 Å². The van der Waals surface area contributed by atoms with Crippen molar-refractivity contribution < 1.29 is 14.4 Å². The summed E-state index contributed by atoms with van der Waals surface area (Å²) in [6.45, 7) is 0.417. The van der Waals surface area contributed by atoms with Crippen molar-refractivity contribution in [3.8, 4) is 0 Å². The Morgan fingerprint density at radius 1 is 0.966 bits per heavy atom. The average Bonchev–Trinajstić information content (AvgIpc) is 3.44. The summed E-state index contributed by atoms with van der Waals surface area (Å²) in [5.74, 6) is -0.646. The molecule has 152 valence electrons. The Morgan fingerprint density at radius 3 is 2.21 bits per heavy atom. The Labute approximate surface area is 171 Å². The lowest BCUT2D eigenvalue weighted by molar-refractivity contribution is -0.144. The van der Waals surface area contributed by atoms with Gasteiger partial charge in [0.15, 0.2) is 0 Å². The highest BCUT2D eigenvalue weighted by atomic mass is 16.2. The predicted molar refractivity (Wildman–Crippen MR) is 109 cm³/mol. The molecule has 1 aromatic carbocycles. The zero-order valence-electron chi connectivity index (χ0n) is 16.7. The SMILES string of the molecule is O=C(CN1C(=O)[C@@H]2[C@H](C1=O)[C@H]1C=C[C@H]2C1)NCC1(c2ccccc2)CCCCC1. The van der Waals surface area contributed by atoms with Gasteiger partial charge in [-0.2, -0.15) is 0 Å². The maximum absolute atomic E-state index is 12.8. The number of nitrogens with zero attached hydrogens (tertiary/aromatic N) is 1. The molecule has 4 atom stereocenters. The van der Waals surface area contributed by atoms with Crippen LogP contribution in [-0.2, 0) is 19.8 Å². The van der Waals surface area contributed by atoms with Gasteiger partial charge in [-0.25, -0.2) is 0 Å². The number of hydrogen-bond donors (Lipinski definition) is 1. The smallest absolute Gasteiger partial charge is 0.240 e. The van der Waals surface area contributed by atoms with Crippen LogP contribution in [0.2, 0.25) is 0 Å². The summed E-state index contributed by atoms with van der Waals surface area (Å²) in [7, 11) is 0. The van der Waals surface area contributed by atoms with Crippen LogP contribution < -0.4 is 5.32 Å². The van der Waals surface area contributed by atoms with Crippen LogP contribution in [0.5, 0.6) is 0 Å². The first-order valence-electron chi connectivity index (χ1n) is 10.9. The van der Waals surface area contributed by atoms with E-state index in [-0.39, 0.29) is 53.4 Å². The highest BCUT2D eigenvalue weighted by Crippen LogP contribution is 2.52. The maximum Gasteiger partial charge on any atom is 0.240 e. The number of fused-ring (bicyclic) bond motifs is 5. The van der Waals surface area contributed by atoms with Gasteiger partial charge in [0.1, 0.15) is 6.54 Å². The molecule has 2 saturated carbocycles. The van der Waals surface area contributed by atoms with E-state index in [1.807, 2.05) is 6.07 Å². The van der Waals surface area contributed by atoms with E-state index in [0.29, 0.717) is 6.54 Å². The molecule has 3 fully saturated rings. The van der Waals surface area contributed by atoms with Crippen molar-refractivity contribution in [1.82, 2.24) is 10.2 Å². The molecule has 1 aliphatic heterocycles. The van der Waals surface area contributed by atoms with Crippen LogP contribution in [0.3, 0.4) is 0 Å². The first-order valence-corrected chi connectivity index (χ1v) is 10.9. The molecule has 4 aliphatic rings. The number of allylic oxidation sites excluding steroid dienone is 2. The maximum atomic E-state index is 12.8. The van der Waals surface area contributed by atoms with Crippen molar-refractivity contribution in [2.45, 2.75) is 43.9 Å². The highest BCUT2D eigenvalue weighted by Gasteiger charge is 2.59. The summed E-state index contributed by atoms with van der Waals surface area (Å²) in [6, 6.07) is 10.4. The Morgan fingerprint density at radius 2 is 1.59 bits per heavy atom. The minimum atomic E-state index is -0.237. The molecule has 3 amide bonds. The Hall–Kier alpha value is -2.43. The molecular weight excluding hydrogens is 364 g/mol. The normalized spacial score (nSPS) is 31.9. The average molecular weight is 392 g/mol. The molecule has 0 spiro atoms. The van der Waals surface area contributed by atoms with Crippen LogP contribution in [0, 0.1) is 23.7 Å². The standard InChI is InChI=1S/C24H28N2O3/c27-19(14-26-22(28)20-16-9-10-17(13-16)21(20)23(26)29)25-15-24(11-5-2-6-12-24)18-7-3-1-4-8-18/h1,3-4,7-10,16-17,20-21H,2,5-6,11-15H2,(H,25,27)/t16-,17-,20-,21+/m0/s1. The fourth-order valence-electron chi connectivity index (χ4n) is 6.17. The van der Waals surface area contributed by atoms with Crippen LogP contribution in [0.1, 0.15) is 44.1 Å². The molecule has 1 saturated heterocycles. The second-order valence-corrected chi connectivity index (χ2v) is 9.25. The van der Waals surface area contributed by atoms with Crippen LogP contribution in [0.4, 0.5) is 0 Å². The van der Waals surface area contributed by atoms with Crippen molar-refractivity contribution in [1.29, 1.82) is 0 Å². The van der Waals surface area contributed by atoms with E-state index in [2.05, 4.69) is 41.7 Å². The number of benzene rings is 1. The van der Waals surface area contributed by atoms with Gasteiger partial charge in [-0.15, -0.1) is 0 Å². The van der Waals surface area contributed by atoms with Gasteiger partial charge >= 0.3 is 0 Å². The summed E-state index contributed by atoms with van der Waals surface area (Å²) in [4.78, 5) is 39.6. The van der Waals surface area contributed by atoms with Crippen molar-refractivity contribution in [2.24, 2.45) is 23.7 Å². The van der Waals surface area contributed by atoms with E-state index in [0.717, 1.165) is 32.1 Å². The van der Waals surface area contributed by atoms with E-state index < -0.39 is 0 Å². The predicted octanol–water partition coefficient (Wildman–Crippen LogP) is 2.81. The van der Waals surface area contributed by atoms with Crippen molar-refractivity contribution in [3.63, 3.8) is 0 Å². The third-order valence-corrected chi connectivity index (χ3v) is 7.68. The summed E-state index contributed by atoms with van der Waals surface area (Å²) >= 11 is 0. The fraction of sp³-hybridized carbons (Fsp3) is 0.542. The Kier molecular flexibility index (Phi) is 4.56. The van der Waals surface area contributed by atoms with Gasteiger partial charge in [-0.3, -0.25) is 19.3 Å². The number of carbonyl (C=O) groups is 3. The molecule has 29 heavy (non-hydrogen) atoms. The van der Waals surface area contributed by atoms with E-state index in [1.54, 1.807) is 0 Å². The van der Waals surface area contributed by atoms with Crippen LogP contribution in [0.25, 0.3) is 0 Å². The number of amides is 3. The molecule has 5 heteroatoms. The Bertz CT molecular complexity index is 826. The quantitative estimate of drug-likeness (QED) is 0.619. The third-order valence-electron chi connectivity index (χ3n) is 7.68. The number of nitrogens with one attached hydrogen (secondary N) is 1. The first-order chi connectivity index (χ1) is 14.1. The fourth-order valence-corrected chi connectivity index (χ4v) is 6.17. The lowest BCUT2D eigenvalue weighted by Gasteiger charge is -2.38. The molecule has 0 unspecified atom stereocenters. The van der Waals surface area contributed by atoms with E-state index in [1.165, 1.54) is 16.9 Å². The molecule has 0 radical (unpaired) electrons. The zero-order valence-corrected chi connectivity index (χ0v) is 16.7. The lowest BCUT2D eigenvalue weighted by Crippen LogP contribution is -2.47. The molecule has 1 N–H and O–H groups in total. The van der Waals surface area contributed by atoms with Crippen molar-refractivity contribution in [2.75, 3.05) is 13.1 Å². The van der Waals surface area contributed by atoms with E-state index in [9.17, 15) is 14.4 Å². The summed E-state index contributed by atoms with van der Waals surface area (Å²) in [6.07, 6.45) is 10.7. The molecule has 0 aromatic heterocycles. The molecule has 3 aliphatic carbocycles. The van der Waals surface area contributed by atoms with Gasteiger partial charge in [0.2, 0.25) is 17.7 Å².